The minimum Gasteiger partial charge on any atom is -0.507 e. The number of aliphatic hydroxyl groups excluding tert-OH is 1. The maximum atomic E-state index is 13.1. The number of hydrogen-bond donors (Lipinski definition) is 2. The minimum atomic E-state index is -0.844. The smallest absolute Gasteiger partial charge is 0.295 e. The Labute approximate surface area is 199 Å². The van der Waals surface area contributed by atoms with Crippen LogP contribution < -0.4 is 9.47 Å². The van der Waals surface area contributed by atoms with E-state index in [-0.39, 0.29) is 29.4 Å². The standard InChI is InChI=1S/C26H31NO7/c1-16(2)15-34-19-9-6-17(7-10-19)24(29)22-23(18-8-11-20(28)21(14-18)33-4)27(12-5-13-32-3)26(31)25(22)30/h6-11,14,16,23,28-29H,5,12-13,15H2,1-4H3/t23-/m1/s1. The molecule has 0 bridgehead atoms. The molecular formula is C26H31NO7. The number of Topliss-reactive ketones (excluding diaryl/α,β-unsaturated/α-hetero) is 1. The van der Waals surface area contributed by atoms with Crippen molar-refractivity contribution in [2.45, 2.75) is 26.3 Å². The topological polar surface area (TPSA) is 106 Å². The van der Waals surface area contributed by atoms with Gasteiger partial charge in [-0.05, 0) is 54.3 Å². The summed E-state index contributed by atoms with van der Waals surface area (Å²) in [5.74, 6) is -0.612. The molecule has 1 heterocycles. The number of ketones is 1. The maximum Gasteiger partial charge on any atom is 0.295 e. The van der Waals surface area contributed by atoms with E-state index in [2.05, 4.69) is 0 Å². The first-order valence-corrected chi connectivity index (χ1v) is 11.2. The van der Waals surface area contributed by atoms with E-state index in [0.29, 0.717) is 42.4 Å². The molecule has 8 nitrogen and oxygen atoms in total. The molecule has 1 amide bonds. The van der Waals surface area contributed by atoms with Crippen LogP contribution in [0.25, 0.3) is 5.76 Å². The lowest BCUT2D eigenvalue weighted by Gasteiger charge is -2.25. The first-order chi connectivity index (χ1) is 16.3. The monoisotopic (exact) mass is 469 g/mol. The number of ether oxygens (including phenoxy) is 3. The molecule has 2 aromatic rings. The Morgan fingerprint density at radius 3 is 2.41 bits per heavy atom. The molecule has 34 heavy (non-hydrogen) atoms. The number of nitrogens with zero attached hydrogens (tertiary/aromatic N) is 1. The Morgan fingerprint density at radius 1 is 1.09 bits per heavy atom. The molecule has 0 spiro atoms. The number of methoxy groups -OCH3 is 2. The van der Waals surface area contributed by atoms with E-state index in [4.69, 9.17) is 14.2 Å². The van der Waals surface area contributed by atoms with Gasteiger partial charge in [0, 0.05) is 25.8 Å². The van der Waals surface area contributed by atoms with Crippen molar-refractivity contribution in [2.24, 2.45) is 5.92 Å². The Kier molecular flexibility index (Phi) is 8.17. The highest BCUT2D eigenvalue weighted by atomic mass is 16.5. The summed E-state index contributed by atoms with van der Waals surface area (Å²) in [5, 5.41) is 21.2. The van der Waals surface area contributed by atoms with Gasteiger partial charge in [-0.15, -0.1) is 0 Å². The fraction of sp³-hybridized carbons (Fsp3) is 0.385. The van der Waals surface area contributed by atoms with Gasteiger partial charge in [-0.25, -0.2) is 0 Å². The van der Waals surface area contributed by atoms with Gasteiger partial charge in [-0.3, -0.25) is 9.59 Å². The number of aromatic hydroxyl groups is 1. The van der Waals surface area contributed by atoms with Crippen molar-refractivity contribution in [3.05, 3.63) is 59.2 Å². The largest absolute Gasteiger partial charge is 0.507 e. The van der Waals surface area contributed by atoms with Crippen LogP contribution in [0.5, 0.6) is 17.2 Å². The van der Waals surface area contributed by atoms with Crippen molar-refractivity contribution in [3.63, 3.8) is 0 Å². The number of amides is 1. The molecule has 1 aliphatic rings. The highest BCUT2D eigenvalue weighted by Gasteiger charge is 2.46. The molecule has 2 N–H and O–H groups in total. The van der Waals surface area contributed by atoms with Crippen molar-refractivity contribution in [1.82, 2.24) is 4.90 Å². The SMILES string of the molecule is COCCCN1C(=O)C(=O)C(=C(O)c2ccc(OCC(C)C)cc2)[C@H]1c1ccc(O)c(OC)c1. The Morgan fingerprint density at radius 2 is 1.79 bits per heavy atom. The fourth-order valence-corrected chi connectivity index (χ4v) is 3.83. The van der Waals surface area contributed by atoms with Crippen LogP contribution in [-0.2, 0) is 14.3 Å². The van der Waals surface area contributed by atoms with Crippen molar-refractivity contribution >= 4 is 17.4 Å². The number of hydrogen-bond acceptors (Lipinski definition) is 7. The zero-order valence-electron chi connectivity index (χ0n) is 19.9. The average molecular weight is 470 g/mol. The zero-order valence-corrected chi connectivity index (χ0v) is 19.9. The predicted molar refractivity (Wildman–Crippen MR) is 127 cm³/mol. The quantitative estimate of drug-likeness (QED) is 0.235. The summed E-state index contributed by atoms with van der Waals surface area (Å²) < 4.78 is 16.0. The number of phenols is 1. The van der Waals surface area contributed by atoms with Gasteiger partial charge in [0.2, 0.25) is 0 Å². The van der Waals surface area contributed by atoms with Crippen LogP contribution in [0, 0.1) is 5.92 Å². The third-order valence-corrected chi connectivity index (χ3v) is 5.52. The molecule has 1 aliphatic heterocycles. The second-order valence-electron chi connectivity index (χ2n) is 8.50. The van der Waals surface area contributed by atoms with Crippen LogP contribution >= 0.6 is 0 Å². The highest BCUT2D eigenvalue weighted by Crippen LogP contribution is 2.41. The molecule has 0 unspecified atom stereocenters. The molecule has 182 valence electrons. The Hall–Kier alpha value is -3.52. The summed E-state index contributed by atoms with van der Waals surface area (Å²) in [5.41, 5.74) is 0.901. The molecule has 8 heteroatoms. The Balaban J connectivity index is 2.05. The lowest BCUT2D eigenvalue weighted by Crippen LogP contribution is -2.31. The number of carbonyl (C=O) groups excluding carboxylic acids is 2. The van der Waals surface area contributed by atoms with Crippen molar-refractivity contribution < 1.29 is 34.0 Å². The van der Waals surface area contributed by atoms with Crippen LogP contribution in [0.2, 0.25) is 0 Å². The summed E-state index contributed by atoms with van der Waals surface area (Å²) in [6, 6.07) is 10.5. The van der Waals surface area contributed by atoms with Gasteiger partial charge in [-0.1, -0.05) is 19.9 Å². The second kappa shape index (κ2) is 11.1. The number of benzene rings is 2. The predicted octanol–water partition coefficient (Wildman–Crippen LogP) is 3.89. The first kappa shape index (κ1) is 25.1. The number of carbonyl (C=O) groups is 2. The molecule has 2 aromatic carbocycles. The molecule has 0 aromatic heterocycles. The van der Waals surface area contributed by atoms with E-state index in [1.165, 1.54) is 18.1 Å². The van der Waals surface area contributed by atoms with Crippen LogP contribution in [0.1, 0.15) is 37.4 Å². The zero-order chi connectivity index (χ0) is 24.8. The Bertz CT molecular complexity index is 1060. The van der Waals surface area contributed by atoms with Gasteiger partial charge in [-0.2, -0.15) is 0 Å². The van der Waals surface area contributed by atoms with E-state index in [1.807, 2.05) is 13.8 Å². The summed E-state index contributed by atoms with van der Waals surface area (Å²) in [7, 11) is 2.97. The number of likely N-dealkylation sites (tertiary alicyclic amines) is 1. The van der Waals surface area contributed by atoms with Gasteiger partial charge in [0.15, 0.2) is 11.5 Å². The molecule has 0 aliphatic carbocycles. The summed E-state index contributed by atoms with van der Waals surface area (Å²) in [6.07, 6.45) is 0.511. The average Bonchev–Trinajstić information content (AvgIpc) is 3.08. The van der Waals surface area contributed by atoms with Gasteiger partial charge in [0.1, 0.15) is 11.5 Å². The maximum absolute atomic E-state index is 13.1. The number of aliphatic hydroxyl groups is 1. The van der Waals surface area contributed by atoms with Gasteiger partial charge < -0.3 is 29.3 Å². The molecule has 0 radical (unpaired) electrons. The minimum absolute atomic E-state index is 0.0222. The lowest BCUT2D eigenvalue weighted by molar-refractivity contribution is -0.140. The third kappa shape index (κ3) is 5.34. The molecule has 0 saturated carbocycles. The molecule has 3 rings (SSSR count). The lowest BCUT2D eigenvalue weighted by atomic mass is 9.95. The fourth-order valence-electron chi connectivity index (χ4n) is 3.83. The molecule has 1 atom stereocenters. The summed E-state index contributed by atoms with van der Waals surface area (Å²) >= 11 is 0. The first-order valence-electron chi connectivity index (χ1n) is 11.2. The highest BCUT2D eigenvalue weighted by molar-refractivity contribution is 6.46. The second-order valence-corrected chi connectivity index (χ2v) is 8.50. The molecule has 1 fully saturated rings. The van der Waals surface area contributed by atoms with E-state index in [1.54, 1.807) is 43.5 Å². The van der Waals surface area contributed by atoms with E-state index in [0.717, 1.165) is 0 Å². The van der Waals surface area contributed by atoms with E-state index < -0.39 is 17.7 Å². The number of rotatable bonds is 10. The summed E-state index contributed by atoms with van der Waals surface area (Å²) in [4.78, 5) is 27.4. The van der Waals surface area contributed by atoms with Crippen LogP contribution in [0.3, 0.4) is 0 Å². The van der Waals surface area contributed by atoms with Crippen molar-refractivity contribution in [1.29, 1.82) is 0 Å². The number of phenolic OH excluding ortho intramolecular Hbond substituents is 1. The van der Waals surface area contributed by atoms with Crippen LogP contribution in [-0.4, -0.2) is 60.8 Å². The van der Waals surface area contributed by atoms with Crippen LogP contribution in [0.15, 0.2) is 48.0 Å². The molecule has 1 saturated heterocycles. The van der Waals surface area contributed by atoms with Crippen LogP contribution in [0.4, 0.5) is 0 Å². The van der Waals surface area contributed by atoms with E-state index in [9.17, 15) is 19.8 Å². The van der Waals surface area contributed by atoms with Gasteiger partial charge in [0.05, 0.1) is 25.3 Å². The van der Waals surface area contributed by atoms with Crippen molar-refractivity contribution in [2.75, 3.05) is 34.0 Å². The third-order valence-electron chi connectivity index (χ3n) is 5.52. The molecular weight excluding hydrogens is 438 g/mol. The van der Waals surface area contributed by atoms with E-state index >= 15 is 0 Å². The van der Waals surface area contributed by atoms with Gasteiger partial charge >= 0.3 is 0 Å². The van der Waals surface area contributed by atoms with Crippen molar-refractivity contribution in [3.8, 4) is 17.2 Å². The normalized spacial score (nSPS) is 17.4. The summed E-state index contributed by atoms with van der Waals surface area (Å²) in [6.45, 7) is 5.31. The van der Waals surface area contributed by atoms with Gasteiger partial charge in [0.25, 0.3) is 11.7 Å².